The number of hydrogen-bond donors (Lipinski definition) is 1. The second-order valence-electron chi connectivity index (χ2n) is 4.12. The molecule has 0 bridgehead atoms. The average molecular weight is 210 g/mol. The van der Waals surface area contributed by atoms with E-state index >= 15 is 0 Å². The third kappa shape index (κ3) is 2.06. The molecule has 0 saturated carbocycles. The lowest BCUT2D eigenvalue weighted by molar-refractivity contribution is 0.0933. The van der Waals surface area contributed by atoms with Crippen molar-refractivity contribution in [2.75, 3.05) is 6.61 Å². The monoisotopic (exact) mass is 210 g/mol. The molecule has 1 aliphatic rings. The Balaban J connectivity index is 2.13. The first-order valence-electron chi connectivity index (χ1n) is 5.47. The largest absolute Gasteiger partial charge is 0.392 e. The van der Waals surface area contributed by atoms with E-state index in [2.05, 4.69) is 5.10 Å². The van der Waals surface area contributed by atoms with Crippen molar-refractivity contribution in [3.63, 3.8) is 0 Å². The Hall–Kier alpha value is -0.870. The molecule has 1 unspecified atom stereocenters. The van der Waals surface area contributed by atoms with Crippen LogP contribution in [0.1, 0.15) is 29.8 Å². The summed E-state index contributed by atoms with van der Waals surface area (Å²) in [6.45, 7) is 5.69. The summed E-state index contributed by atoms with van der Waals surface area (Å²) in [7, 11) is 0. The molecule has 1 atom stereocenters. The third-order valence-corrected chi connectivity index (χ3v) is 3.09. The molecule has 2 heterocycles. The average Bonchev–Trinajstić information content (AvgIpc) is 2.78. The molecule has 15 heavy (non-hydrogen) atoms. The zero-order valence-electron chi connectivity index (χ0n) is 9.36. The number of aliphatic hydroxyl groups excluding tert-OH is 1. The highest BCUT2D eigenvalue weighted by Crippen LogP contribution is 2.17. The lowest BCUT2D eigenvalue weighted by atomic mass is 10.2. The molecule has 1 aromatic rings. The topological polar surface area (TPSA) is 47.3 Å². The van der Waals surface area contributed by atoms with E-state index < -0.39 is 0 Å². The molecule has 1 aromatic heterocycles. The van der Waals surface area contributed by atoms with E-state index in [0.717, 1.165) is 42.9 Å². The van der Waals surface area contributed by atoms with E-state index in [0.29, 0.717) is 6.10 Å². The first kappa shape index (κ1) is 10.6. The zero-order valence-corrected chi connectivity index (χ0v) is 9.36. The van der Waals surface area contributed by atoms with Crippen LogP contribution in [0.4, 0.5) is 0 Å². The Labute approximate surface area is 89.9 Å². The summed E-state index contributed by atoms with van der Waals surface area (Å²) in [5, 5.41) is 13.6. The van der Waals surface area contributed by atoms with Gasteiger partial charge in [-0.3, -0.25) is 4.68 Å². The van der Waals surface area contributed by atoms with Crippen molar-refractivity contribution in [1.29, 1.82) is 0 Å². The maximum atomic E-state index is 9.19. The smallest absolute Gasteiger partial charge is 0.0771 e. The molecule has 1 N–H and O–H groups in total. The van der Waals surface area contributed by atoms with Gasteiger partial charge in [0, 0.05) is 17.9 Å². The van der Waals surface area contributed by atoms with Crippen molar-refractivity contribution in [1.82, 2.24) is 9.78 Å². The summed E-state index contributed by atoms with van der Waals surface area (Å²) < 4.78 is 7.53. The molecule has 0 amide bonds. The summed E-state index contributed by atoms with van der Waals surface area (Å²) in [4.78, 5) is 0. The highest BCUT2D eigenvalue weighted by Gasteiger charge is 2.18. The van der Waals surface area contributed by atoms with Crippen molar-refractivity contribution >= 4 is 0 Å². The molecule has 1 saturated heterocycles. The molecular weight excluding hydrogens is 192 g/mol. The maximum Gasteiger partial charge on any atom is 0.0771 e. The van der Waals surface area contributed by atoms with Crippen LogP contribution in [0, 0.1) is 13.8 Å². The Morgan fingerprint density at radius 3 is 2.87 bits per heavy atom. The molecule has 0 aliphatic carbocycles. The molecule has 1 aliphatic heterocycles. The van der Waals surface area contributed by atoms with Gasteiger partial charge in [-0.05, 0) is 26.7 Å². The van der Waals surface area contributed by atoms with Crippen LogP contribution in [0.2, 0.25) is 0 Å². The number of nitrogens with zero attached hydrogens (tertiary/aromatic N) is 2. The molecule has 0 spiro atoms. The minimum atomic E-state index is 0.0726. The minimum absolute atomic E-state index is 0.0726. The van der Waals surface area contributed by atoms with Crippen LogP contribution in [-0.2, 0) is 17.9 Å². The van der Waals surface area contributed by atoms with E-state index in [9.17, 15) is 5.11 Å². The van der Waals surface area contributed by atoms with Gasteiger partial charge in [0.25, 0.3) is 0 Å². The van der Waals surface area contributed by atoms with Gasteiger partial charge in [-0.1, -0.05) is 0 Å². The highest BCUT2D eigenvalue weighted by atomic mass is 16.5. The summed E-state index contributed by atoms with van der Waals surface area (Å²) in [5.41, 5.74) is 2.94. The Morgan fingerprint density at radius 2 is 2.33 bits per heavy atom. The second-order valence-corrected chi connectivity index (χ2v) is 4.12. The van der Waals surface area contributed by atoms with Crippen LogP contribution in [0.15, 0.2) is 0 Å². The number of rotatable bonds is 3. The maximum absolute atomic E-state index is 9.19. The van der Waals surface area contributed by atoms with E-state index in [-0.39, 0.29) is 6.61 Å². The Kier molecular flexibility index (Phi) is 3.07. The van der Waals surface area contributed by atoms with Gasteiger partial charge in [0.2, 0.25) is 0 Å². The predicted molar refractivity (Wildman–Crippen MR) is 56.6 cm³/mol. The van der Waals surface area contributed by atoms with Crippen LogP contribution in [0.25, 0.3) is 0 Å². The van der Waals surface area contributed by atoms with Gasteiger partial charge >= 0.3 is 0 Å². The molecule has 1 fully saturated rings. The summed E-state index contributed by atoms with van der Waals surface area (Å²) >= 11 is 0. The molecule has 0 aromatic carbocycles. The van der Waals surface area contributed by atoms with Crippen molar-refractivity contribution in [3.8, 4) is 0 Å². The molecular formula is C11H18N2O2. The van der Waals surface area contributed by atoms with Crippen LogP contribution in [0.3, 0.4) is 0 Å². The van der Waals surface area contributed by atoms with E-state index in [1.165, 1.54) is 0 Å². The van der Waals surface area contributed by atoms with Gasteiger partial charge in [0.05, 0.1) is 24.9 Å². The van der Waals surface area contributed by atoms with Crippen LogP contribution < -0.4 is 0 Å². The van der Waals surface area contributed by atoms with Crippen molar-refractivity contribution in [3.05, 3.63) is 17.0 Å². The SMILES string of the molecule is Cc1nn(CC2CCCO2)c(C)c1CO. The first-order chi connectivity index (χ1) is 7.22. The first-order valence-corrected chi connectivity index (χ1v) is 5.47. The normalized spacial score (nSPS) is 21.1. The fraction of sp³-hybridized carbons (Fsp3) is 0.727. The number of aromatic nitrogens is 2. The minimum Gasteiger partial charge on any atom is -0.392 e. The van der Waals surface area contributed by atoms with E-state index in [1.54, 1.807) is 0 Å². The van der Waals surface area contributed by atoms with Gasteiger partial charge in [-0.15, -0.1) is 0 Å². The van der Waals surface area contributed by atoms with Crippen LogP contribution in [0.5, 0.6) is 0 Å². The molecule has 0 radical (unpaired) electrons. The Morgan fingerprint density at radius 1 is 1.53 bits per heavy atom. The fourth-order valence-corrected chi connectivity index (χ4v) is 2.12. The van der Waals surface area contributed by atoms with E-state index in [4.69, 9.17) is 4.74 Å². The van der Waals surface area contributed by atoms with Gasteiger partial charge in [0.15, 0.2) is 0 Å². The number of hydrogen-bond acceptors (Lipinski definition) is 3. The molecule has 4 heteroatoms. The van der Waals surface area contributed by atoms with Crippen LogP contribution in [-0.4, -0.2) is 27.6 Å². The van der Waals surface area contributed by atoms with Crippen LogP contribution >= 0.6 is 0 Å². The predicted octanol–water partition coefficient (Wildman–Crippen LogP) is 1.17. The second kappa shape index (κ2) is 4.33. The fourth-order valence-electron chi connectivity index (χ4n) is 2.12. The number of aryl methyl sites for hydroxylation is 1. The summed E-state index contributed by atoms with van der Waals surface area (Å²) in [6.07, 6.45) is 2.57. The number of aliphatic hydroxyl groups is 1. The molecule has 2 rings (SSSR count). The van der Waals surface area contributed by atoms with E-state index in [1.807, 2.05) is 18.5 Å². The lowest BCUT2D eigenvalue weighted by Gasteiger charge is -2.10. The third-order valence-electron chi connectivity index (χ3n) is 3.09. The quantitative estimate of drug-likeness (QED) is 0.814. The van der Waals surface area contributed by atoms with Gasteiger partial charge < -0.3 is 9.84 Å². The highest BCUT2D eigenvalue weighted by molar-refractivity contribution is 5.23. The molecule has 84 valence electrons. The number of ether oxygens (including phenoxy) is 1. The van der Waals surface area contributed by atoms with Crippen molar-refractivity contribution in [2.24, 2.45) is 0 Å². The summed E-state index contributed by atoms with van der Waals surface area (Å²) in [5.74, 6) is 0. The van der Waals surface area contributed by atoms with Crippen molar-refractivity contribution in [2.45, 2.75) is 45.9 Å². The Bertz CT molecular complexity index is 341. The zero-order chi connectivity index (χ0) is 10.8. The van der Waals surface area contributed by atoms with Gasteiger partial charge in [-0.2, -0.15) is 5.10 Å². The molecule has 4 nitrogen and oxygen atoms in total. The lowest BCUT2D eigenvalue weighted by Crippen LogP contribution is -2.17. The van der Waals surface area contributed by atoms with Crippen molar-refractivity contribution < 1.29 is 9.84 Å². The van der Waals surface area contributed by atoms with Gasteiger partial charge in [-0.25, -0.2) is 0 Å². The van der Waals surface area contributed by atoms with Gasteiger partial charge in [0.1, 0.15) is 0 Å². The standard InChI is InChI=1S/C11H18N2O2/c1-8-11(7-14)9(2)13(12-8)6-10-4-3-5-15-10/h10,14H,3-7H2,1-2H3. The summed E-state index contributed by atoms with van der Waals surface area (Å²) in [6, 6.07) is 0.